The van der Waals surface area contributed by atoms with E-state index in [1.807, 2.05) is 29.8 Å². The lowest BCUT2D eigenvalue weighted by Crippen LogP contribution is -1.97. The number of fused-ring (bicyclic) bond motifs is 1. The molecule has 0 amide bonds. The molecule has 3 rings (SSSR count). The number of nitrogen functional groups attached to an aromatic ring is 1. The number of halogens is 2. The Morgan fingerprint density at radius 3 is 2.76 bits per heavy atom. The number of nitrogens with zero attached hydrogens (tertiary/aromatic N) is 2. The van der Waals surface area contributed by atoms with Gasteiger partial charge in [0.1, 0.15) is 11.6 Å². The Morgan fingerprint density at radius 2 is 2.05 bits per heavy atom. The molecule has 0 unspecified atom stereocenters. The number of anilines is 1. The second kappa shape index (κ2) is 5.24. The fourth-order valence-electron chi connectivity index (χ4n) is 2.33. The van der Waals surface area contributed by atoms with Crippen molar-refractivity contribution in [2.75, 3.05) is 12.8 Å². The Morgan fingerprint density at radius 1 is 1.29 bits per heavy atom. The van der Waals surface area contributed by atoms with Crippen LogP contribution in [0.1, 0.15) is 0 Å². The Hall–Kier alpha value is -1.72. The summed E-state index contributed by atoms with van der Waals surface area (Å²) in [5, 5.41) is 0.485. The number of aryl methyl sites for hydroxylation is 1. The molecule has 0 saturated carbocycles. The Balaban J connectivity index is 2.30. The van der Waals surface area contributed by atoms with Gasteiger partial charge in [0.15, 0.2) is 0 Å². The zero-order chi connectivity index (χ0) is 15.1. The minimum atomic E-state index is 0.485. The van der Waals surface area contributed by atoms with Crippen molar-refractivity contribution in [3.05, 3.63) is 39.8 Å². The zero-order valence-corrected chi connectivity index (χ0v) is 13.9. The average molecular weight is 367 g/mol. The first-order valence-electron chi connectivity index (χ1n) is 6.26. The maximum atomic E-state index is 6.14. The lowest BCUT2D eigenvalue weighted by atomic mass is 10.1. The van der Waals surface area contributed by atoms with E-state index in [0.717, 1.165) is 26.9 Å². The van der Waals surface area contributed by atoms with E-state index in [9.17, 15) is 0 Å². The molecular weight excluding hydrogens is 354 g/mol. The molecule has 0 aliphatic rings. The zero-order valence-electron chi connectivity index (χ0n) is 11.5. The Kier molecular flexibility index (Phi) is 3.55. The molecule has 108 valence electrons. The molecule has 0 aliphatic heterocycles. The highest BCUT2D eigenvalue weighted by atomic mass is 79.9. The number of rotatable bonds is 2. The standard InChI is InChI=1S/C15H13BrClN3O/c1-20-13-4-3-8(16)5-12(13)19-15(20)9-6-10(17)11(18)7-14(9)21-2/h3-7H,18H2,1-2H3. The summed E-state index contributed by atoms with van der Waals surface area (Å²) in [6, 6.07) is 9.48. The number of aromatic nitrogens is 2. The van der Waals surface area contributed by atoms with Crippen LogP contribution in [-0.4, -0.2) is 16.7 Å². The van der Waals surface area contributed by atoms with Gasteiger partial charge in [0, 0.05) is 17.6 Å². The van der Waals surface area contributed by atoms with E-state index in [1.54, 1.807) is 19.2 Å². The number of nitrogens with two attached hydrogens (primary N) is 1. The second-order valence-electron chi connectivity index (χ2n) is 4.70. The molecule has 2 N–H and O–H groups in total. The summed E-state index contributed by atoms with van der Waals surface area (Å²) in [6.45, 7) is 0. The maximum absolute atomic E-state index is 6.14. The van der Waals surface area contributed by atoms with Crippen LogP contribution in [-0.2, 0) is 7.05 Å². The van der Waals surface area contributed by atoms with Crippen LogP contribution < -0.4 is 10.5 Å². The van der Waals surface area contributed by atoms with Crippen LogP contribution in [0.25, 0.3) is 22.4 Å². The Bertz CT molecular complexity index is 845. The van der Waals surface area contributed by atoms with E-state index in [-0.39, 0.29) is 0 Å². The van der Waals surface area contributed by atoms with Crippen molar-refractivity contribution in [2.24, 2.45) is 7.05 Å². The number of methoxy groups -OCH3 is 1. The molecule has 21 heavy (non-hydrogen) atoms. The van der Waals surface area contributed by atoms with Crippen molar-refractivity contribution in [3.63, 3.8) is 0 Å². The van der Waals surface area contributed by atoms with Crippen LogP contribution in [0.4, 0.5) is 5.69 Å². The normalized spacial score (nSPS) is 11.0. The van der Waals surface area contributed by atoms with E-state index in [4.69, 9.17) is 22.1 Å². The van der Waals surface area contributed by atoms with Crippen LogP contribution in [0.5, 0.6) is 5.75 Å². The number of benzene rings is 2. The summed E-state index contributed by atoms with van der Waals surface area (Å²) in [6.07, 6.45) is 0. The van der Waals surface area contributed by atoms with E-state index in [1.165, 1.54) is 0 Å². The summed E-state index contributed by atoms with van der Waals surface area (Å²) in [5.41, 5.74) is 9.06. The summed E-state index contributed by atoms with van der Waals surface area (Å²) in [5.74, 6) is 1.43. The molecule has 0 spiro atoms. The molecule has 1 aromatic heterocycles. The van der Waals surface area contributed by atoms with Crippen LogP contribution in [0.2, 0.25) is 5.02 Å². The fraction of sp³-hybridized carbons (Fsp3) is 0.133. The lowest BCUT2D eigenvalue weighted by molar-refractivity contribution is 0.416. The van der Waals surface area contributed by atoms with Crippen LogP contribution in [0.15, 0.2) is 34.8 Å². The molecule has 0 saturated heterocycles. The molecule has 6 heteroatoms. The largest absolute Gasteiger partial charge is 0.496 e. The van der Waals surface area contributed by atoms with Gasteiger partial charge < -0.3 is 15.0 Å². The quantitative estimate of drug-likeness (QED) is 0.690. The first-order chi connectivity index (χ1) is 10.0. The summed E-state index contributed by atoms with van der Waals surface area (Å²) >= 11 is 9.60. The van der Waals surface area contributed by atoms with Crippen molar-refractivity contribution < 1.29 is 4.74 Å². The molecular formula is C15H13BrClN3O. The van der Waals surface area contributed by atoms with Crippen molar-refractivity contribution in [2.45, 2.75) is 0 Å². The molecule has 3 aromatic rings. The molecule has 4 nitrogen and oxygen atoms in total. The topological polar surface area (TPSA) is 53.1 Å². The van der Waals surface area contributed by atoms with Gasteiger partial charge in [-0.1, -0.05) is 27.5 Å². The van der Waals surface area contributed by atoms with Crippen molar-refractivity contribution in [3.8, 4) is 17.1 Å². The third-order valence-corrected chi connectivity index (χ3v) is 4.22. The predicted molar refractivity (Wildman–Crippen MR) is 89.8 cm³/mol. The second-order valence-corrected chi connectivity index (χ2v) is 6.02. The average Bonchev–Trinajstić information content (AvgIpc) is 2.77. The van der Waals surface area contributed by atoms with Crippen molar-refractivity contribution >= 4 is 44.3 Å². The van der Waals surface area contributed by atoms with E-state index in [2.05, 4.69) is 20.9 Å². The highest BCUT2D eigenvalue weighted by Gasteiger charge is 2.16. The van der Waals surface area contributed by atoms with Gasteiger partial charge >= 0.3 is 0 Å². The minimum Gasteiger partial charge on any atom is -0.496 e. The van der Waals surface area contributed by atoms with Gasteiger partial charge in [-0.3, -0.25) is 0 Å². The molecule has 1 heterocycles. The van der Waals surface area contributed by atoms with Gasteiger partial charge in [0.25, 0.3) is 0 Å². The maximum Gasteiger partial charge on any atom is 0.144 e. The van der Waals surface area contributed by atoms with E-state index in [0.29, 0.717) is 16.5 Å². The molecule has 0 fully saturated rings. The number of hydrogen-bond acceptors (Lipinski definition) is 3. The first-order valence-corrected chi connectivity index (χ1v) is 7.43. The monoisotopic (exact) mass is 365 g/mol. The van der Waals surface area contributed by atoms with Gasteiger partial charge in [-0.2, -0.15) is 0 Å². The van der Waals surface area contributed by atoms with Crippen molar-refractivity contribution in [1.82, 2.24) is 9.55 Å². The summed E-state index contributed by atoms with van der Waals surface area (Å²) in [4.78, 5) is 4.68. The molecule has 0 bridgehead atoms. The van der Waals surface area contributed by atoms with Gasteiger partial charge in [-0.05, 0) is 24.3 Å². The SMILES string of the molecule is COc1cc(N)c(Cl)cc1-c1nc2cc(Br)ccc2n1C. The third kappa shape index (κ3) is 2.36. The third-order valence-electron chi connectivity index (χ3n) is 3.40. The highest BCUT2D eigenvalue weighted by Crippen LogP contribution is 2.36. The lowest BCUT2D eigenvalue weighted by Gasteiger charge is -2.10. The number of imidazole rings is 1. The summed E-state index contributed by atoms with van der Waals surface area (Å²) in [7, 11) is 3.56. The first kappa shape index (κ1) is 14.2. The fourth-order valence-corrected chi connectivity index (χ4v) is 2.84. The van der Waals surface area contributed by atoms with Crippen LogP contribution >= 0.6 is 27.5 Å². The Labute approximate surface area is 135 Å². The molecule has 0 radical (unpaired) electrons. The van der Waals surface area contributed by atoms with Crippen LogP contribution in [0, 0.1) is 0 Å². The van der Waals surface area contributed by atoms with Crippen molar-refractivity contribution in [1.29, 1.82) is 0 Å². The highest BCUT2D eigenvalue weighted by molar-refractivity contribution is 9.10. The molecule has 0 atom stereocenters. The number of ether oxygens (including phenoxy) is 1. The molecule has 2 aromatic carbocycles. The smallest absolute Gasteiger partial charge is 0.144 e. The van der Waals surface area contributed by atoms with Gasteiger partial charge in [-0.25, -0.2) is 4.98 Å². The van der Waals surface area contributed by atoms with E-state index < -0.39 is 0 Å². The van der Waals surface area contributed by atoms with Crippen LogP contribution in [0.3, 0.4) is 0 Å². The molecule has 0 aliphatic carbocycles. The van der Waals surface area contributed by atoms with Gasteiger partial charge in [0.05, 0.1) is 34.4 Å². The number of hydrogen-bond donors (Lipinski definition) is 1. The predicted octanol–water partition coefficient (Wildman–Crippen LogP) is 4.25. The summed E-state index contributed by atoms with van der Waals surface area (Å²) < 4.78 is 8.40. The minimum absolute atomic E-state index is 0.485. The van der Waals surface area contributed by atoms with Gasteiger partial charge in [-0.15, -0.1) is 0 Å². The van der Waals surface area contributed by atoms with Gasteiger partial charge in [0.2, 0.25) is 0 Å². The van der Waals surface area contributed by atoms with E-state index >= 15 is 0 Å².